The zero-order chi connectivity index (χ0) is 24.2. The standard InChI is InChI=1S/C19H23F3N2O.C2HF3O2/c1-2-23-12-15-16(13-7-6-8-14(11-13)19(20,21)22)17(25)24-18(15)9-4-3-5-10-18;3-2(4,5)1(6)7/h6-8,11,23H,2-5,9-10,12H2,1H3,(H,24,25);(H,6,7). The molecule has 178 valence electrons. The zero-order valence-electron chi connectivity index (χ0n) is 17.3. The van der Waals surface area contributed by atoms with Gasteiger partial charge in [-0.3, -0.25) is 4.79 Å². The fourth-order valence-corrected chi connectivity index (χ4v) is 3.98. The average molecular weight is 466 g/mol. The first kappa shape index (κ1) is 25.7. The molecule has 1 fully saturated rings. The van der Waals surface area contributed by atoms with Crippen LogP contribution >= 0.6 is 0 Å². The lowest BCUT2D eigenvalue weighted by molar-refractivity contribution is -0.192. The number of hydrogen-bond donors (Lipinski definition) is 3. The van der Waals surface area contributed by atoms with Crippen LogP contribution in [0.15, 0.2) is 29.8 Å². The van der Waals surface area contributed by atoms with Crippen molar-refractivity contribution in [1.29, 1.82) is 0 Å². The lowest BCUT2D eigenvalue weighted by Gasteiger charge is -2.36. The molecule has 1 aromatic rings. The molecular weight excluding hydrogens is 442 g/mol. The number of carbonyl (C=O) groups is 2. The van der Waals surface area contributed by atoms with Gasteiger partial charge in [-0.2, -0.15) is 26.3 Å². The first-order valence-corrected chi connectivity index (χ1v) is 10.1. The van der Waals surface area contributed by atoms with Gasteiger partial charge in [0.2, 0.25) is 0 Å². The van der Waals surface area contributed by atoms with Crippen LogP contribution in [-0.4, -0.2) is 41.8 Å². The van der Waals surface area contributed by atoms with Crippen LogP contribution in [0.2, 0.25) is 0 Å². The minimum atomic E-state index is -5.08. The van der Waals surface area contributed by atoms with Crippen molar-refractivity contribution >= 4 is 17.4 Å². The number of hydrogen-bond acceptors (Lipinski definition) is 3. The smallest absolute Gasteiger partial charge is 0.475 e. The maximum atomic E-state index is 13.1. The van der Waals surface area contributed by atoms with E-state index in [-0.39, 0.29) is 5.91 Å². The lowest BCUT2D eigenvalue weighted by Crippen LogP contribution is -2.47. The fourth-order valence-electron chi connectivity index (χ4n) is 3.98. The third-order valence-corrected chi connectivity index (χ3v) is 5.44. The van der Waals surface area contributed by atoms with E-state index in [0.717, 1.165) is 56.4 Å². The number of halogens is 6. The Bertz CT molecular complexity index is 871. The van der Waals surface area contributed by atoms with Crippen LogP contribution in [0, 0.1) is 0 Å². The molecule has 1 heterocycles. The van der Waals surface area contributed by atoms with Crippen molar-refractivity contribution in [3.63, 3.8) is 0 Å². The molecule has 11 heteroatoms. The number of benzene rings is 1. The van der Waals surface area contributed by atoms with Crippen LogP contribution in [0.1, 0.15) is 50.2 Å². The Balaban J connectivity index is 0.000000451. The zero-order valence-corrected chi connectivity index (χ0v) is 17.3. The molecular formula is C21H24F6N2O3. The summed E-state index contributed by atoms with van der Waals surface area (Å²) in [4.78, 5) is 21.6. The summed E-state index contributed by atoms with van der Waals surface area (Å²) >= 11 is 0. The topological polar surface area (TPSA) is 78.4 Å². The summed E-state index contributed by atoms with van der Waals surface area (Å²) in [6, 6.07) is 5.09. The van der Waals surface area contributed by atoms with Gasteiger partial charge in [0, 0.05) is 12.1 Å². The van der Waals surface area contributed by atoms with Gasteiger partial charge >= 0.3 is 18.3 Å². The second kappa shape index (κ2) is 9.93. The number of carbonyl (C=O) groups excluding carboxylic acids is 1. The highest BCUT2D eigenvalue weighted by Crippen LogP contribution is 2.43. The highest BCUT2D eigenvalue weighted by molar-refractivity contribution is 6.23. The van der Waals surface area contributed by atoms with E-state index in [1.165, 1.54) is 6.07 Å². The molecule has 1 spiro atoms. The van der Waals surface area contributed by atoms with Crippen LogP contribution in [0.4, 0.5) is 26.3 Å². The molecule has 1 aliphatic heterocycles. The van der Waals surface area contributed by atoms with E-state index in [1.807, 2.05) is 6.92 Å². The van der Waals surface area contributed by atoms with Crippen molar-refractivity contribution in [1.82, 2.24) is 10.6 Å². The van der Waals surface area contributed by atoms with Gasteiger partial charge < -0.3 is 15.7 Å². The highest BCUT2D eigenvalue weighted by Gasteiger charge is 2.45. The van der Waals surface area contributed by atoms with E-state index < -0.39 is 29.4 Å². The Morgan fingerprint density at radius 3 is 2.22 bits per heavy atom. The molecule has 0 atom stereocenters. The van der Waals surface area contributed by atoms with Crippen molar-refractivity contribution in [2.24, 2.45) is 0 Å². The van der Waals surface area contributed by atoms with Gasteiger partial charge in [-0.1, -0.05) is 38.3 Å². The molecule has 0 unspecified atom stereocenters. The first-order chi connectivity index (χ1) is 14.8. The van der Waals surface area contributed by atoms with E-state index in [4.69, 9.17) is 9.90 Å². The molecule has 1 aliphatic carbocycles. The molecule has 32 heavy (non-hydrogen) atoms. The SMILES string of the molecule is CCNCC1=C(c2cccc(C(F)(F)F)c2)C(=O)NC12CCCCC2.O=C(O)C(F)(F)F. The predicted molar refractivity (Wildman–Crippen MR) is 105 cm³/mol. The Hall–Kier alpha value is -2.56. The normalized spacial score (nSPS) is 18.3. The molecule has 0 aromatic heterocycles. The van der Waals surface area contributed by atoms with Crippen molar-refractivity contribution in [2.75, 3.05) is 13.1 Å². The Labute approximate surface area is 180 Å². The summed E-state index contributed by atoms with van der Waals surface area (Å²) in [6.45, 7) is 3.23. The molecule has 0 radical (unpaired) electrons. The van der Waals surface area contributed by atoms with Crippen molar-refractivity contribution in [2.45, 2.75) is 56.9 Å². The van der Waals surface area contributed by atoms with E-state index in [2.05, 4.69) is 10.6 Å². The molecule has 0 bridgehead atoms. The lowest BCUT2D eigenvalue weighted by atomic mass is 9.76. The molecule has 0 saturated heterocycles. The van der Waals surface area contributed by atoms with E-state index in [9.17, 15) is 31.1 Å². The summed E-state index contributed by atoms with van der Waals surface area (Å²) < 4.78 is 70.9. The maximum Gasteiger partial charge on any atom is 0.490 e. The highest BCUT2D eigenvalue weighted by atomic mass is 19.4. The molecule has 1 saturated carbocycles. The summed E-state index contributed by atoms with van der Waals surface area (Å²) in [5.41, 5.74) is 0.550. The van der Waals surface area contributed by atoms with Crippen LogP contribution < -0.4 is 10.6 Å². The maximum absolute atomic E-state index is 13.1. The number of carboxylic acids is 1. The average Bonchev–Trinajstić information content (AvgIpc) is 2.96. The van der Waals surface area contributed by atoms with Gasteiger partial charge in [-0.05, 0) is 42.7 Å². The van der Waals surface area contributed by atoms with Gasteiger partial charge in [-0.15, -0.1) is 0 Å². The number of nitrogens with one attached hydrogen (secondary N) is 2. The summed E-state index contributed by atoms with van der Waals surface area (Å²) in [5.74, 6) is -3.01. The van der Waals surface area contributed by atoms with Crippen molar-refractivity contribution in [3.05, 3.63) is 41.0 Å². The first-order valence-electron chi connectivity index (χ1n) is 10.1. The largest absolute Gasteiger partial charge is 0.490 e. The van der Waals surface area contributed by atoms with Crippen LogP contribution in [0.3, 0.4) is 0 Å². The summed E-state index contributed by atoms with van der Waals surface area (Å²) in [6.07, 6.45) is -4.64. The van der Waals surface area contributed by atoms with E-state index in [0.29, 0.717) is 17.7 Å². The molecule has 3 N–H and O–H groups in total. The number of carboxylic acid groups (broad SMARTS) is 1. The third-order valence-electron chi connectivity index (χ3n) is 5.44. The minimum absolute atomic E-state index is 0.255. The number of amides is 1. The predicted octanol–water partition coefficient (Wildman–Crippen LogP) is 4.53. The van der Waals surface area contributed by atoms with E-state index in [1.54, 1.807) is 6.07 Å². The van der Waals surface area contributed by atoms with Crippen molar-refractivity contribution < 1.29 is 41.0 Å². The van der Waals surface area contributed by atoms with E-state index >= 15 is 0 Å². The van der Waals surface area contributed by atoms with Crippen LogP contribution in [0.25, 0.3) is 5.57 Å². The number of alkyl halides is 6. The summed E-state index contributed by atoms with van der Waals surface area (Å²) in [7, 11) is 0. The molecule has 1 amide bonds. The molecule has 5 nitrogen and oxygen atoms in total. The monoisotopic (exact) mass is 466 g/mol. The second-order valence-electron chi connectivity index (χ2n) is 7.61. The summed E-state index contributed by atoms with van der Waals surface area (Å²) in [5, 5.41) is 13.5. The Morgan fingerprint density at radius 2 is 1.72 bits per heavy atom. The van der Waals surface area contributed by atoms with Gasteiger partial charge in [-0.25, -0.2) is 4.79 Å². The van der Waals surface area contributed by atoms with Crippen LogP contribution in [0.5, 0.6) is 0 Å². The minimum Gasteiger partial charge on any atom is -0.475 e. The molecule has 2 aliphatic rings. The van der Waals surface area contributed by atoms with Crippen molar-refractivity contribution in [3.8, 4) is 0 Å². The van der Waals surface area contributed by atoms with Gasteiger partial charge in [0.05, 0.1) is 11.1 Å². The number of aliphatic carboxylic acids is 1. The quantitative estimate of drug-likeness (QED) is 0.570. The van der Waals surface area contributed by atoms with Gasteiger partial charge in [0.25, 0.3) is 5.91 Å². The molecule has 3 rings (SSSR count). The third kappa shape index (κ3) is 6.02. The Kier molecular flexibility index (Phi) is 7.97. The number of likely N-dealkylation sites (N-methyl/N-ethyl adjacent to an activating group) is 1. The van der Waals surface area contributed by atoms with Gasteiger partial charge in [0.15, 0.2) is 0 Å². The van der Waals surface area contributed by atoms with Crippen LogP contribution in [-0.2, 0) is 15.8 Å². The fraction of sp³-hybridized carbons (Fsp3) is 0.524. The molecule has 1 aromatic carbocycles. The second-order valence-corrected chi connectivity index (χ2v) is 7.61. The number of rotatable bonds is 4. The Morgan fingerprint density at radius 1 is 1.12 bits per heavy atom. The van der Waals surface area contributed by atoms with Gasteiger partial charge in [0.1, 0.15) is 0 Å².